The van der Waals surface area contributed by atoms with E-state index in [1.165, 1.54) is 17.8 Å². The Morgan fingerprint density at radius 1 is 1.29 bits per heavy atom. The number of para-hydroxylation sites is 1. The molecule has 1 aromatic carbocycles. The molecule has 0 spiro atoms. The lowest BCUT2D eigenvalue weighted by Crippen LogP contribution is -2.41. The molecule has 1 saturated heterocycles. The first-order valence-electron chi connectivity index (χ1n) is 14.0. The van der Waals surface area contributed by atoms with Crippen molar-refractivity contribution in [3.05, 3.63) is 36.7 Å². The highest BCUT2D eigenvalue weighted by Crippen LogP contribution is 2.48. The number of aromatic nitrogens is 4. The zero-order valence-electron chi connectivity index (χ0n) is 24.8. The van der Waals surface area contributed by atoms with E-state index in [-0.39, 0.29) is 24.3 Å². The Hall–Kier alpha value is -2.87. The number of alkyl halides is 1. The van der Waals surface area contributed by atoms with Gasteiger partial charge in [0.05, 0.1) is 25.6 Å². The average Bonchev–Trinajstić information content (AvgIpc) is 3.44. The predicted octanol–water partition coefficient (Wildman–Crippen LogP) is 3.85. The maximum atomic E-state index is 16.1. The standard InChI is InChI=1S/C27H41FN7O6P/c1-7-13-34(6)23-21-24(32-26(29)31-23)35(16-30-21)25-27(5,28)22(36)20(40-25)15-39-42(37,33-18(4)14-38-17(2)3)41-19-11-9-8-10-12-19/h8-12,16-18,20,22,25,36H,7,13-15H2,1-6H3,(H,33,37)(H2,29,31,32)/t18-,20+,22+,25+,27+,42?/m0/s1. The number of aliphatic hydroxyl groups excluding tert-OH is 1. The Kier molecular flexibility index (Phi) is 10.1. The molecule has 2 aromatic heterocycles. The summed E-state index contributed by atoms with van der Waals surface area (Å²) in [6.07, 6.45) is -1.99. The summed E-state index contributed by atoms with van der Waals surface area (Å²) >= 11 is 0. The molecule has 3 aromatic rings. The van der Waals surface area contributed by atoms with Crippen LogP contribution in [0.2, 0.25) is 0 Å². The number of anilines is 2. The first kappa shape index (κ1) is 32.1. The summed E-state index contributed by atoms with van der Waals surface area (Å²) in [6, 6.07) is 8.09. The van der Waals surface area contributed by atoms with Crippen molar-refractivity contribution in [2.75, 3.05) is 37.4 Å². The molecule has 1 aliphatic heterocycles. The van der Waals surface area contributed by atoms with Crippen molar-refractivity contribution >= 4 is 30.7 Å². The Labute approximate surface area is 245 Å². The number of nitrogen functional groups attached to an aromatic ring is 1. The van der Waals surface area contributed by atoms with Crippen LogP contribution in [0.25, 0.3) is 11.2 Å². The van der Waals surface area contributed by atoms with Crippen LogP contribution in [0.1, 0.15) is 47.3 Å². The van der Waals surface area contributed by atoms with Gasteiger partial charge in [-0.1, -0.05) is 25.1 Å². The fourth-order valence-corrected chi connectivity index (χ4v) is 6.21. The number of ether oxygens (including phenoxy) is 2. The van der Waals surface area contributed by atoms with Crippen molar-refractivity contribution in [3.63, 3.8) is 0 Å². The van der Waals surface area contributed by atoms with Crippen molar-refractivity contribution in [1.29, 1.82) is 0 Å². The van der Waals surface area contributed by atoms with Gasteiger partial charge in [-0.3, -0.25) is 9.09 Å². The maximum absolute atomic E-state index is 16.1. The molecule has 1 fully saturated rings. The third-order valence-corrected chi connectivity index (χ3v) is 8.44. The Morgan fingerprint density at radius 3 is 2.67 bits per heavy atom. The second-order valence-electron chi connectivity index (χ2n) is 10.9. The minimum atomic E-state index is -4.03. The van der Waals surface area contributed by atoms with E-state index in [1.807, 2.05) is 32.7 Å². The smallest absolute Gasteiger partial charge is 0.413 e. The molecule has 232 valence electrons. The number of imidazole rings is 1. The number of nitrogens with one attached hydrogen (secondary N) is 1. The third kappa shape index (κ3) is 7.19. The second kappa shape index (κ2) is 13.2. The summed E-state index contributed by atoms with van der Waals surface area (Å²) in [4.78, 5) is 14.9. The highest BCUT2D eigenvalue weighted by atomic mass is 31.2. The summed E-state index contributed by atoms with van der Waals surface area (Å²) in [7, 11) is -2.18. The van der Waals surface area contributed by atoms with Crippen LogP contribution in [0, 0.1) is 0 Å². The molecule has 1 unspecified atom stereocenters. The van der Waals surface area contributed by atoms with E-state index in [4.69, 9.17) is 24.3 Å². The number of aliphatic hydroxyl groups is 1. The van der Waals surface area contributed by atoms with Crippen molar-refractivity contribution in [1.82, 2.24) is 24.6 Å². The summed E-state index contributed by atoms with van der Waals surface area (Å²) in [5, 5.41) is 13.8. The first-order chi connectivity index (χ1) is 19.8. The van der Waals surface area contributed by atoms with E-state index in [9.17, 15) is 9.67 Å². The first-order valence-corrected chi connectivity index (χ1v) is 15.5. The fourth-order valence-electron chi connectivity index (χ4n) is 4.67. The van der Waals surface area contributed by atoms with Gasteiger partial charge in [-0.2, -0.15) is 9.97 Å². The molecular weight excluding hydrogens is 568 g/mol. The highest BCUT2D eigenvalue weighted by Gasteiger charge is 2.56. The zero-order valence-corrected chi connectivity index (χ0v) is 25.7. The van der Waals surface area contributed by atoms with E-state index in [2.05, 4.69) is 20.0 Å². The number of fused-ring (bicyclic) bond motifs is 1. The molecule has 4 rings (SSSR count). The molecule has 4 N–H and O–H groups in total. The molecular formula is C27H41FN7O6P. The molecule has 13 nitrogen and oxygen atoms in total. The second-order valence-corrected chi connectivity index (χ2v) is 12.6. The molecule has 0 radical (unpaired) electrons. The molecule has 15 heteroatoms. The quantitative estimate of drug-likeness (QED) is 0.227. The molecule has 42 heavy (non-hydrogen) atoms. The van der Waals surface area contributed by atoms with Crippen LogP contribution in [-0.2, 0) is 18.6 Å². The number of halogens is 1. The number of benzene rings is 1. The average molecular weight is 610 g/mol. The minimum absolute atomic E-state index is 0.0122. The van der Waals surface area contributed by atoms with E-state index >= 15 is 4.39 Å². The Morgan fingerprint density at radius 2 is 2.00 bits per heavy atom. The van der Waals surface area contributed by atoms with Crippen LogP contribution in [-0.4, -0.2) is 81.5 Å². The van der Waals surface area contributed by atoms with Crippen molar-refractivity contribution in [2.24, 2.45) is 0 Å². The van der Waals surface area contributed by atoms with Gasteiger partial charge in [0.1, 0.15) is 18.0 Å². The largest absolute Gasteiger partial charge is 0.459 e. The van der Waals surface area contributed by atoms with Crippen molar-refractivity contribution in [2.45, 2.75) is 77.3 Å². The summed E-state index contributed by atoms with van der Waals surface area (Å²) < 4.78 is 54.5. The van der Waals surface area contributed by atoms with Gasteiger partial charge in [-0.15, -0.1) is 0 Å². The van der Waals surface area contributed by atoms with Crippen LogP contribution in [0.4, 0.5) is 16.2 Å². The minimum Gasteiger partial charge on any atom is -0.413 e. The molecule has 1 aliphatic rings. The predicted molar refractivity (Wildman–Crippen MR) is 157 cm³/mol. The molecule has 3 heterocycles. The van der Waals surface area contributed by atoms with Gasteiger partial charge >= 0.3 is 7.75 Å². The number of hydrogen-bond donors (Lipinski definition) is 3. The van der Waals surface area contributed by atoms with Gasteiger partial charge in [0.2, 0.25) is 5.95 Å². The molecule has 0 bridgehead atoms. The highest BCUT2D eigenvalue weighted by molar-refractivity contribution is 7.52. The van der Waals surface area contributed by atoms with Gasteiger partial charge in [0.15, 0.2) is 28.9 Å². The van der Waals surface area contributed by atoms with Crippen LogP contribution in [0.5, 0.6) is 5.75 Å². The van der Waals surface area contributed by atoms with Crippen LogP contribution in [0.3, 0.4) is 0 Å². The van der Waals surface area contributed by atoms with Gasteiger partial charge in [-0.05, 0) is 46.2 Å². The normalized spacial score (nSPS) is 24.6. The SMILES string of the molecule is CCCN(C)c1nc(N)nc2c1ncn2[C@@H]1O[C@H](COP(=O)(N[C@@H](C)COC(C)C)Oc2ccccc2)[C@@H](O)[C@@]1(C)F. The maximum Gasteiger partial charge on any atom is 0.459 e. The van der Waals surface area contributed by atoms with Crippen molar-refractivity contribution < 1.29 is 32.6 Å². The fraction of sp³-hybridized carbons (Fsp3) is 0.593. The zero-order chi connectivity index (χ0) is 30.7. The summed E-state index contributed by atoms with van der Waals surface area (Å²) in [5.41, 5.74) is 4.36. The van der Waals surface area contributed by atoms with Crippen LogP contribution < -0.4 is 20.2 Å². The number of rotatable bonds is 14. The van der Waals surface area contributed by atoms with Crippen LogP contribution in [0.15, 0.2) is 36.7 Å². The van der Waals surface area contributed by atoms with Crippen LogP contribution >= 0.6 is 7.75 Å². The monoisotopic (exact) mass is 609 g/mol. The third-order valence-electron chi connectivity index (χ3n) is 6.75. The van der Waals surface area contributed by atoms with Crippen molar-refractivity contribution in [3.8, 4) is 5.75 Å². The van der Waals surface area contributed by atoms with E-state index in [0.29, 0.717) is 23.6 Å². The topological polar surface area (TPSA) is 159 Å². The van der Waals surface area contributed by atoms with E-state index in [0.717, 1.165) is 6.42 Å². The van der Waals surface area contributed by atoms with Gasteiger partial charge in [0.25, 0.3) is 0 Å². The summed E-state index contributed by atoms with van der Waals surface area (Å²) in [6.45, 7) is 9.28. The lowest BCUT2D eigenvalue weighted by atomic mass is 9.98. The molecule has 0 aliphatic carbocycles. The number of nitrogens with zero attached hydrogens (tertiary/aromatic N) is 5. The molecule has 0 amide bonds. The number of nitrogens with two attached hydrogens (primary N) is 1. The molecule has 0 saturated carbocycles. The van der Waals surface area contributed by atoms with Gasteiger partial charge in [0, 0.05) is 19.6 Å². The number of hydrogen-bond acceptors (Lipinski definition) is 11. The lowest BCUT2D eigenvalue weighted by Gasteiger charge is -2.26. The lowest BCUT2D eigenvalue weighted by molar-refractivity contribution is -0.0548. The Bertz CT molecular complexity index is 1380. The van der Waals surface area contributed by atoms with E-state index in [1.54, 1.807) is 37.3 Å². The Balaban J connectivity index is 1.56. The molecule has 6 atom stereocenters. The van der Waals surface area contributed by atoms with Gasteiger partial charge < -0.3 is 29.7 Å². The van der Waals surface area contributed by atoms with E-state index < -0.39 is 44.5 Å². The summed E-state index contributed by atoms with van der Waals surface area (Å²) in [5.74, 6) is 0.789. The van der Waals surface area contributed by atoms with Gasteiger partial charge in [-0.25, -0.2) is 19.0 Å².